The van der Waals surface area contributed by atoms with Gasteiger partial charge in [0.15, 0.2) is 5.69 Å². The highest BCUT2D eigenvalue weighted by Crippen LogP contribution is 2.31. The van der Waals surface area contributed by atoms with Crippen LogP contribution >= 0.6 is 0 Å². The number of pyridine rings is 1. The van der Waals surface area contributed by atoms with Crippen LogP contribution in [0.15, 0.2) is 36.7 Å². The molecule has 5 heterocycles. The van der Waals surface area contributed by atoms with Crippen molar-refractivity contribution in [2.24, 2.45) is 0 Å². The SMILES string of the molecule is O=C(Nc1cn(C2CN(C3CCNCC3)C2)nc1C(F)F)c1cccc(-c2cc[nH]n2)n1. The fraction of sp³-hybridized carbons (Fsp3) is 0.429. The van der Waals surface area contributed by atoms with E-state index in [9.17, 15) is 13.6 Å². The number of carbonyl (C=O) groups is 1. The predicted molar refractivity (Wildman–Crippen MR) is 113 cm³/mol. The third-order valence-electron chi connectivity index (χ3n) is 6.05. The molecule has 3 aromatic rings. The second-order valence-electron chi connectivity index (χ2n) is 8.12. The van der Waals surface area contributed by atoms with E-state index in [1.165, 1.54) is 12.3 Å². The molecule has 2 aliphatic rings. The molecular weight excluding hydrogens is 418 g/mol. The summed E-state index contributed by atoms with van der Waals surface area (Å²) in [5.74, 6) is -0.575. The molecule has 11 heteroatoms. The van der Waals surface area contributed by atoms with Gasteiger partial charge in [0.2, 0.25) is 0 Å². The average molecular weight is 442 g/mol. The van der Waals surface area contributed by atoms with E-state index in [0.717, 1.165) is 39.0 Å². The third kappa shape index (κ3) is 4.13. The van der Waals surface area contributed by atoms with Crippen LogP contribution in [0.1, 0.15) is 41.5 Å². The van der Waals surface area contributed by atoms with Crippen molar-refractivity contribution in [2.45, 2.75) is 31.4 Å². The lowest BCUT2D eigenvalue weighted by atomic mass is 9.98. The maximum atomic E-state index is 13.6. The second-order valence-corrected chi connectivity index (χ2v) is 8.12. The molecule has 1 amide bonds. The van der Waals surface area contributed by atoms with Crippen LogP contribution in [0.3, 0.4) is 0 Å². The van der Waals surface area contributed by atoms with Crippen LogP contribution in [-0.4, -0.2) is 68.0 Å². The van der Waals surface area contributed by atoms with Gasteiger partial charge in [-0.3, -0.25) is 19.5 Å². The van der Waals surface area contributed by atoms with E-state index >= 15 is 0 Å². The summed E-state index contributed by atoms with van der Waals surface area (Å²) in [5, 5.41) is 16.7. The number of likely N-dealkylation sites (tertiary alicyclic amines) is 1. The van der Waals surface area contributed by atoms with E-state index in [1.807, 2.05) is 0 Å². The van der Waals surface area contributed by atoms with Crippen LogP contribution in [0.4, 0.5) is 14.5 Å². The Bertz CT molecular complexity index is 1070. The van der Waals surface area contributed by atoms with Gasteiger partial charge in [0.25, 0.3) is 12.3 Å². The Morgan fingerprint density at radius 2 is 1.94 bits per heavy atom. The topological polar surface area (TPSA) is 104 Å². The van der Waals surface area contributed by atoms with Crippen molar-refractivity contribution in [1.29, 1.82) is 0 Å². The highest BCUT2D eigenvalue weighted by atomic mass is 19.3. The first-order valence-corrected chi connectivity index (χ1v) is 10.7. The minimum absolute atomic E-state index is 0.0114. The molecule has 0 bridgehead atoms. The number of aromatic nitrogens is 5. The number of H-pyrrole nitrogens is 1. The average Bonchev–Trinajstić information content (AvgIpc) is 3.44. The van der Waals surface area contributed by atoms with Crippen LogP contribution in [0, 0.1) is 0 Å². The summed E-state index contributed by atoms with van der Waals surface area (Å²) in [6.07, 6.45) is 2.55. The van der Waals surface area contributed by atoms with E-state index in [2.05, 4.69) is 35.8 Å². The molecule has 0 aromatic carbocycles. The fourth-order valence-electron chi connectivity index (χ4n) is 4.27. The Morgan fingerprint density at radius 3 is 2.66 bits per heavy atom. The van der Waals surface area contributed by atoms with Crippen LogP contribution in [-0.2, 0) is 0 Å². The van der Waals surface area contributed by atoms with Crippen molar-refractivity contribution >= 4 is 11.6 Å². The molecule has 168 valence electrons. The number of nitrogens with one attached hydrogen (secondary N) is 3. The van der Waals surface area contributed by atoms with Crippen molar-refractivity contribution < 1.29 is 13.6 Å². The summed E-state index contributed by atoms with van der Waals surface area (Å²) < 4.78 is 28.8. The van der Waals surface area contributed by atoms with Crippen LogP contribution in [0.25, 0.3) is 11.4 Å². The van der Waals surface area contributed by atoms with E-state index in [0.29, 0.717) is 17.4 Å². The van der Waals surface area contributed by atoms with E-state index in [4.69, 9.17) is 0 Å². The van der Waals surface area contributed by atoms with E-state index in [1.54, 1.807) is 29.1 Å². The maximum absolute atomic E-state index is 13.6. The molecule has 2 aliphatic heterocycles. The van der Waals surface area contributed by atoms with Gasteiger partial charge in [-0.15, -0.1) is 0 Å². The van der Waals surface area contributed by atoms with Gasteiger partial charge < -0.3 is 10.6 Å². The maximum Gasteiger partial charge on any atom is 0.284 e. The minimum Gasteiger partial charge on any atom is -0.318 e. The predicted octanol–water partition coefficient (Wildman–Crippen LogP) is 2.47. The quantitative estimate of drug-likeness (QED) is 0.542. The van der Waals surface area contributed by atoms with E-state index < -0.39 is 18.0 Å². The first-order valence-electron chi connectivity index (χ1n) is 10.7. The second kappa shape index (κ2) is 8.75. The Morgan fingerprint density at radius 1 is 1.12 bits per heavy atom. The monoisotopic (exact) mass is 442 g/mol. The summed E-state index contributed by atoms with van der Waals surface area (Å²) in [6.45, 7) is 3.56. The largest absolute Gasteiger partial charge is 0.318 e. The van der Waals surface area contributed by atoms with Crippen molar-refractivity contribution in [3.63, 3.8) is 0 Å². The lowest BCUT2D eigenvalue weighted by Gasteiger charge is -2.45. The zero-order chi connectivity index (χ0) is 22.1. The molecule has 5 rings (SSSR count). The van der Waals surface area contributed by atoms with Gasteiger partial charge in [0.1, 0.15) is 11.4 Å². The third-order valence-corrected chi connectivity index (χ3v) is 6.05. The van der Waals surface area contributed by atoms with Crippen molar-refractivity contribution in [1.82, 2.24) is 35.2 Å². The molecule has 0 aliphatic carbocycles. The minimum atomic E-state index is -2.80. The molecule has 3 aromatic heterocycles. The Kier molecular flexibility index (Phi) is 5.66. The number of nitrogens with zero attached hydrogens (tertiary/aromatic N) is 5. The molecular formula is C21H24F2N8O. The number of halogens is 2. The van der Waals surface area contributed by atoms with Gasteiger partial charge in [-0.05, 0) is 44.1 Å². The van der Waals surface area contributed by atoms with Crippen LogP contribution in [0.5, 0.6) is 0 Å². The Labute approximate surface area is 183 Å². The van der Waals surface area contributed by atoms with E-state index in [-0.39, 0.29) is 17.4 Å². The van der Waals surface area contributed by atoms with Crippen LogP contribution < -0.4 is 10.6 Å². The zero-order valence-corrected chi connectivity index (χ0v) is 17.3. The van der Waals surface area contributed by atoms with Gasteiger partial charge in [-0.25, -0.2) is 13.8 Å². The first kappa shape index (κ1) is 20.7. The van der Waals surface area contributed by atoms with Gasteiger partial charge in [0, 0.05) is 31.5 Å². The lowest BCUT2D eigenvalue weighted by Crippen LogP contribution is -2.55. The number of rotatable bonds is 6. The highest BCUT2D eigenvalue weighted by Gasteiger charge is 2.35. The molecule has 2 saturated heterocycles. The molecule has 0 atom stereocenters. The zero-order valence-electron chi connectivity index (χ0n) is 17.3. The number of piperidine rings is 1. The van der Waals surface area contributed by atoms with Crippen LogP contribution in [0.2, 0.25) is 0 Å². The number of anilines is 1. The van der Waals surface area contributed by atoms with Gasteiger partial charge in [-0.1, -0.05) is 6.07 Å². The summed E-state index contributed by atoms with van der Waals surface area (Å²) >= 11 is 0. The molecule has 0 saturated carbocycles. The number of amides is 1. The summed E-state index contributed by atoms with van der Waals surface area (Å²) in [4.78, 5) is 19.4. The lowest BCUT2D eigenvalue weighted by molar-refractivity contribution is 0.0380. The Hall–Kier alpha value is -3.18. The molecule has 0 radical (unpaired) electrons. The van der Waals surface area contributed by atoms with Crippen molar-refractivity contribution in [3.05, 3.63) is 48.0 Å². The van der Waals surface area contributed by atoms with Gasteiger partial charge in [0.05, 0.1) is 17.4 Å². The smallest absolute Gasteiger partial charge is 0.284 e. The molecule has 3 N–H and O–H groups in total. The number of hydrogen-bond acceptors (Lipinski definition) is 6. The summed E-state index contributed by atoms with van der Waals surface area (Å²) in [6, 6.07) is 7.21. The number of alkyl halides is 2. The van der Waals surface area contributed by atoms with Crippen molar-refractivity contribution in [2.75, 3.05) is 31.5 Å². The number of carbonyl (C=O) groups excluding carboxylic acids is 1. The molecule has 0 spiro atoms. The Balaban J connectivity index is 1.29. The molecule has 32 heavy (non-hydrogen) atoms. The highest BCUT2D eigenvalue weighted by molar-refractivity contribution is 6.03. The molecule has 0 unspecified atom stereocenters. The fourth-order valence-corrected chi connectivity index (χ4v) is 4.27. The number of hydrogen-bond donors (Lipinski definition) is 3. The molecule has 9 nitrogen and oxygen atoms in total. The summed E-state index contributed by atoms with van der Waals surface area (Å²) in [5.41, 5.74) is 0.791. The van der Waals surface area contributed by atoms with Gasteiger partial charge in [-0.2, -0.15) is 10.2 Å². The van der Waals surface area contributed by atoms with Gasteiger partial charge >= 0.3 is 0 Å². The normalized spacial score (nSPS) is 18.1. The number of aromatic amines is 1. The standard InChI is InChI=1S/C21H24F2N8O/c22-20(23)19-18(12-31(29-19)14-10-30(11-14)13-4-7-24-8-5-13)27-21(32)17-3-1-2-15(26-17)16-6-9-25-28-16/h1-3,6,9,12-14,20,24H,4-5,7-8,10-11H2,(H,25,28)(H,27,32). The first-order chi connectivity index (χ1) is 15.6. The summed E-state index contributed by atoms with van der Waals surface area (Å²) in [7, 11) is 0. The van der Waals surface area contributed by atoms with Crippen molar-refractivity contribution in [3.8, 4) is 11.4 Å². The molecule has 2 fully saturated rings.